The molecule has 1 aliphatic carbocycles. The molecular formula is C25H27N9O. The average Bonchev–Trinajstić information content (AvgIpc) is 3.61. The molecule has 0 radical (unpaired) electrons. The summed E-state index contributed by atoms with van der Waals surface area (Å²) in [5, 5.41) is 18.9. The summed E-state index contributed by atoms with van der Waals surface area (Å²) in [4.78, 5) is 23.9. The molecule has 0 unspecified atom stereocenters. The Labute approximate surface area is 202 Å². The number of aromatic amines is 1. The molecule has 4 heterocycles. The Kier molecular flexibility index (Phi) is 5.48. The molecule has 35 heavy (non-hydrogen) atoms. The topological polar surface area (TPSA) is 118 Å². The van der Waals surface area contributed by atoms with Gasteiger partial charge in [0, 0.05) is 48.7 Å². The third-order valence-corrected chi connectivity index (χ3v) is 6.85. The summed E-state index contributed by atoms with van der Waals surface area (Å²) in [7, 11) is 0. The highest BCUT2D eigenvalue weighted by Gasteiger charge is 2.24. The van der Waals surface area contributed by atoms with Crippen molar-refractivity contribution in [1.29, 1.82) is 0 Å². The van der Waals surface area contributed by atoms with Gasteiger partial charge in [-0.25, -0.2) is 9.97 Å². The summed E-state index contributed by atoms with van der Waals surface area (Å²) < 4.78 is 1.72. The van der Waals surface area contributed by atoms with Crippen molar-refractivity contribution in [2.75, 3.05) is 11.9 Å². The standard InChI is InChI=1S/C25H27N9O/c1-2-21-20(13-34(31-21)15-24(35)33-8-7-22-23(14-33)30-32-29-22)18-11-26-25(27-12-18)28-19-9-16-5-3-4-6-17(16)10-19/h3-6,11-13,19H,2,7-10,14-15H2,1H3,(H,26,27,28)(H,29,30,32). The first-order valence-corrected chi connectivity index (χ1v) is 12.0. The molecule has 4 aromatic rings. The van der Waals surface area contributed by atoms with Crippen LogP contribution in [0.1, 0.15) is 35.1 Å². The van der Waals surface area contributed by atoms with Gasteiger partial charge in [0.05, 0.1) is 17.9 Å². The predicted molar refractivity (Wildman–Crippen MR) is 129 cm³/mol. The van der Waals surface area contributed by atoms with Crippen molar-refractivity contribution < 1.29 is 4.79 Å². The number of nitrogens with one attached hydrogen (secondary N) is 2. The molecule has 0 bridgehead atoms. The van der Waals surface area contributed by atoms with E-state index in [2.05, 4.69) is 67.0 Å². The van der Waals surface area contributed by atoms with E-state index in [9.17, 15) is 4.79 Å². The van der Waals surface area contributed by atoms with Crippen molar-refractivity contribution in [2.24, 2.45) is 0 Å². The van der Waals surface area contributed by atoms with Gasteiger partial charge in [-0.2, -0.15) is 5.10 Å². The summed E-state index contributed by atoms with van der Waals surface area (Å²) in [5.74, 6) is 0.646. The maximum atomic E-state index is 12.9. The van der Waals surface area contributed by atoms with E-state index in [4.69, 9.17) is 0 Å². The molecule has 0 atom stereocenters. The lowest BCUT2D eigenvalue weighted by molar-refractivity contribution is -0.133. The minimum atomic E-state index is 0.0173. The number of amides is 1. The zero-order valence-electron chi connectivity index (χ0n) is 19.6. The Morgan fingerprint density at radius 1 is 1.17 bits per heavy atom. The number of hydrogen-bond donors (Lipinski definition) is 2. The molecule has 3 aromatic heterocycles. The molecule has 2 N–H and O–H groups in total. The van der Waals surface area contributed by atoms with Crippen molar-refractivity contribution in [3.63, 3.8) is 0 Å². The van der Waals surface area contributed by atoms with Gasteiger partial charge >= 0.3 is 0 Å². The number of fused-ring (bicyclic) bond motifs is 2. The zero-order chi connectivity index (χ0) is 23.8. The van der Waals surface area contributed by atoms with Crippen LogP contribution in [0.15, 0.2) is 42.9 Å². The van der Waals surface area contributed by atoms with Crippen LogP contribution >= 0.6 is 0 Å². The summed E-state index contributed by atoms with van der Waals surface area (Å²) in [5.41, 5.74) is 7.41. The minimum Gasteiger partial charge on any atom is -0.351 e. The second-order valence-corrected chi connectivity index (χ2v) is 9.16. The van der Waals surface area contributed by atoms with Crippen LogP contribution in [0.2, 0.25) is 0 Å². The van der Waals surface area contributed by atoms with Gasteiger partial charge < -0.3 is 10.2 Å². The number of carbonyl (C=O) groups excluding carboxylic acids is 1. The van der Waals surface area contributed by atoms with Crippen LogP contribution in [0.25, 0.3) is 11.1 Å². The molecule has 1 amide bonds. The SMILES string of the molecule is CCc1nn(CC(=O)N2CCc3[nH]nnc3C2)cc1-c1cnc(NC2Cc3ccccc3C2)nc1. The second-order valence-electron chi connectivity index (χ2n) is 9.16. The van der Waals surface area contributed by atoms with Crippen LogP contribution in [0, 0.1) is 0 Å². The highest BCUT2D eigenvalue weighted by molar-refractivity contribution is 5.76. The van der Waals surface area contributed by atoms with Crippen molar-refractivity contribution in [2.45, 2.75) is 51.7 Å². The summed E-state index contributed by atoms with van der Waals surface area (Å²) in [6.07, 6.45) is 9.04. The molecule has 0 fully saturated rings. The van der Waals surface area contributed by atoms with Crippen molar-refractivity contribution >= 4 is 11.9 Å². The highest BCUT2D eigenvalue weighted by Crippen LogP contribution is 2.26. The molecule has 6 rings (SSSR count). The van der Waals surface area contributed by atoms with Crippen LogP contribution in [0.5, 0.6) is 0 Å². The summed E-state index contributed by atoms with van der Waals surface area (Å²) >= 11 is 0. The highest BCUT2D eigenvalue weighted by atomic mass is 16.2. The third-order valence-electron chi connectivity index (χ3n) is 6.85. The molecule has 0 saturated heterocycles. The Morgan fingerprint density at radius 2 is 1.94 bits per heavy atom. The van der Waals surface area contributed by atoms with E-state index in [1.54, 1.807) is 4.68 Å². The maximum Gasteiger partial charge on any atom is 0.244 e. The molecule has 10 nitrogen and oxygen atoms in total. The van der Waals surface area contributed by atoms with Crippen molar-refractivity contribution in [3.05, 3.63) is 71.1 Å². The number of benzene rings is 1. The molecule has 1 aromatic carbocycles. The Hall–Kier alpha value is -4.08. The number of hydrogen-bond acceptors (Lipinski definition) is 7. The fourth-order valence-corrected chi connectivity index (χ4v) is 4.99. The van der Waals surface area contributed by atoms with Gasteiger partial charge in [-0.3, -0.25) is 14.6 Å². The Morgan fingerprint density at radius 3 is 2.69 bits per heavy atom. The molecule has 1 aliphatic heterocycles. The average molecular weight is 470 g/mol. The van der Waals surface area contributed by atoms with Crippen LogP contribution in [0.3, 0.4) is 0 Å². The second kappa shape index (κ2) is 8.94. The lowest BCUT2D eigenvalue weighted by atomic mass is 10.1. The van der Waals surface area contributed by atoms with Crippen molar-refractivity contribution in [3.8, 4) is 11.1 Å². The zero-order valence-corrected chi connectivity index (χ0v) is 19.6. The number of aryl methyl sites for hydroxylation is 1. The molecule has 0 spiro atoms. The van der Waals surface area contributed by atoms with E-state index in [1.165, 1.54) is 11.1 Å². The van der Waals surface area contributed by atoms with Gasteiger partial charge in [0.15, 0.2) is 0 Å². The quantitative estimate of drug-likeness (QED) is 0.444. The first-order valence-electron chi connectivity index (χ1n) is 12.0. The van der Waals surface area contributed by atoms with E-state index in [1.807, 2.05) is 23.5 Å². The first-order chi connectivity index (χ1) is 17.2. The smallest absolute Gasteiger partial charge is 0.244 e. The molecular weight excluding hydrogens is 442 g/mol. The number of H-pyrrole nitrogens is 1. The monoisotopic (exact) mass is 469 g/mol. The van der Waals surface area contributed by atoms with Gasteiger partial charge in [0.25, 0.3) is 0 Å². The minimum absolute atomic E-state index is 0.0173. The number of carbonyl (C=O) groups is 1. The fraction of sp³-hybridized carbons (Fsp3) is 0.360. The lowest BCUT2D eigenvalue weighted by Crippen LogP contribution is -2.38. The largest absolute Gasteiger partial charge is 0.351 e. The fourth-order valence-electron chi connectivity index (χ4n) is 4.99. The molecule has 2 aliphatic rings. The number of aromatic nitrogens is 7. The number of anilines is 1. The molecule has 178 valence electrons. The maximum absolute atomic E-state index is 12.9. The van der Waals surface area contributed by atoms with Gasteiger partial charge in [-0.05, 0) is 30.4 Å². The van der Waals surface area contributed by atoms with Crippen LogP contribution in [-0.2, 0) is 43.6 Å². The van der Waals surface area contributed by atoms with Gasteiger partial charge in [0.2, 0.25) is 11.9 Å². The van der Waals surface area contributed by atoms with Crippen LogP contribution in [0.4, 0.5) is 5.95 Å². The number of nitrogens with zero attached hydrogens (tertiary/aromatic N) is 7. The van der Waals surface area contributed by atoms with Crippen LogP contribution < -0.4 is 5.32 Å². The van der Waals surface area contributed by atoms with E-state index in [0.717, 1.165) is 53.9 Å². The third kappa shape index (κ3) is 4.27. The first kappa shape index (κ1) is 21.5. The van der Waals surface area contributed by atoms with E-state index in [-0.39, 0.29) is 12.5 Å². The van der Waals surface area contributed by atoms with E-state index < -0.39 is 0 Å². The normalized spacial score (nSPS) is 15.2. The lowest BCUT2D eigenvalue weighted by Gasteiger charge is -2.25. The van der Waals surface area contributed by atoms with Crippen LogP contribution in [-0.4, -0.2) is 58.6 Å². The van der Waals surface area contributed by atoms with Gasteiger partial charge in [-0.1, -0.05) is 36.4 Å². The molecule has 0 saturated carbocycles. The Balaban J connectivity index is 1.12. The summed E-state index contributed by atoms with van der Waals surface area (Å²) in [6.45, 7) is 3.37. The van der Waals surface area contributed by atoms with E-state index in [0.29, 0.717) is 25.1 Å². The van der Waals surface area contributed by atoms with E-state index >= 15 is 0 Å². The summed E-state index contributed by atoms with van der Waals surface area (Å²) in [6, 6.07) is 8.86. The Bertz CT molecular complexity index is 1330. The van der Waals surface area contributed by atoms with Gasteiger partial charge in [0.1, 0.15) is 12.2 Å². The number of rotatable bonds is 6. The molecule has 10 heteroatoms. The predicted octanol–water partition coefficient (Wildman–Crippen LogP) is 2.18. The van der Waals surface area contributed by atoms with Gasteiger partial charge in [-0.15, -0.1) is 5.10 Å². The van der Waals surface area contributed by atoms with Crippen molar-refractivity contribution in [1.82, 2.24) is 40.1 Å².